The minimum absolute atomic E-state index is 0.258. The molecule has 0 spiro atoms. The Balaban J connectivity index is 1.55. The van der Waals surface area contributed by atoms with Crippen molar-refractivity contribution in [3.63, 3.8) is 0 Å². The molecule has 3 rings (SSSR count). The Morgan fingerprint density at radius 3 is 2.73 bits per heavy atom. The summed E-state index contributed by atoms with van der Waals surface area (Å²) in [5.41, 5.74) is -0.258. The molecule has 3 aromatic rings. The molecule has 5 nitrogen and oxygen atoms in total. The number of nitrogens with zero attached hydrogens (tertiary/aromatic N) is 2. The van der Waals surface area contributed by atoms with Gasteiger partial charge in [0.2, 0.25) is 11.8 Å². The number of hydrogen-bond donors (Lipinski definition) is 1. The zero-order valence-electron chi connectivity index (χ0n) is 13.8. The third-order valence-corrected chi connectivity index (χ3v) is 5.51. The maximum atomic E-state index is 13.6. The molecule has 0 saturated carbocycles. The normalized spacial score (nSPS) is 10.9. The average molecular weight is 395 g/mol. The smallest absolute Gasteiger partial charge is 0.230 e. The van der Waals surface area contributed by atoms with Gasteiger partial charge >= 0.3 is 0 Å². The number of hydrogen-bond acceptors (Lipinski definition) is 6. The number of benzene rings is 1. The van der Waals surface area contributed by atoms with Crippen molar-refractivity contribution in [3.05, 3.63) is 59.4 Å². The van der Waals surface area contributed by atoms with Gasteiger partial charge in [0.1, 0.15) is 17.4 Å². The molecular formula is C17H15F2N3O2S2. The van der Waals surface area contributed by atoms with Gasteiger partial charge < -0.3 is 9.73 Å². The Morgan fingerprint density at radius 2 is 2.04 bits per heavy atom. The van der Waals surface area contributed by atoms with Crippen LogP contribution in [-0.2, 0) is 23.4 Å². The van der Waals surface area contributed by atoms with E-state index in [1.54, 1.807) is 12.4 Å². The van der Waals surface area contributed by atoms with E-state index in [0.29, 0.717) is 16.8 Å². The van der Waals surface area contributed by atoms with Gasteiger partial charge in [0, 0.05) is 12.0 Å². The van der Waals surface area contributed by atoms with Crippen LogP contribution in [0.4, 0.5) is 13.9 Å². The average Bonchev–Trinajstić information content (AvgIpc) is 3.25. The molecule has 26 heavy (non-hydrogen) atoms. The molecule has 136 valence electrons. The number of aryl methyl sites for hydroxylation is 1. The second-order valence-electron chi connectivity index (χ2n) is 5.27. The summed E-state index contributed by atoms with van der Waals surface area (Å²) in [6.07, 6.45) is 3.72. The fourth-order valence-electron chi connectivity index (χ4n) is 2.12. The highest BCUT2D eigenvalue weighted by atomic mass is 32.2. The fourth-order valence-corrected chi connectivity index (χ4v) is 3.86. The molecule has 0 atom stereocenters. The zero-order valence-corrected chi connectivity index (χ0v) is 15.4. The lowest BCUT2D eigenvalue weighted by atomic mass is 10.1. The minimum atomic E-state index is -0.743. The number of carbonyl (C=O) groups excluding carboxylic acids is 1. The van der Waals surface area contributed by atoms with Gasteiger partial charge in [0.25, 0.3) is 0 Å². The molecule has 2 heterocycles. The van der Waals surface area contributed by atoms with E-state index in [-0.39, 0.29) is 5.56 Å². The Bertz CT molecular complexity index is 891. The van der Waals surface area contributed by atoms with Crippen LogP contribution in [0.5, 0.6) is 0 Å². The molecule has 0 radical (unpaired) electrons. The molecule has 0 unspecified atom stereocenters. The Labute approximate surface area is 156 Å². The molecule has 1 amide bonds. The van der Waals surface area contributed by atoms with E-state index in [2.05, 4.69) is 15.3 Å². The summed E-state index contributed by atoms with van der Waals surface area (Å²) >= 11 is 2.76. The van der Waals surface area contributed by atoms with Crippen LogP contribution in [0.2, 0.25) is 0 Å². The van der Waals surface area contributed by atoms with Gasteiger partial charge in [0.05, 0.1) is 28.8 Å². The third-order valence-electron chi connectivity index (χ3n) is 3.42. The summed E-state index contributed by atoms with van der Waals surface area (Å²) < 4.78 is 33.6. The maximum Gasteiger partial charge on any atom is 0.230 e. The number of carbonyl (C=O) groups is 1. The van der Waals surface area contributed by atoms with Crippen LogP contribution in [-0.4, -0.2) is 15.9 Å². The van der Waals surface area contributed by atoms with Crippen LogP contribution in [0.25, 0.3) is 0 Å². The summed E-state index contributed by atoms with van der Waals surface area (Å²) in [5.74, 6) is -0.00382. The lowest BCUT2D eigenvalue weighted by Crippen LogP contribution is -2.16. The first-order valence-electron chi connectivity index (χ1n) is 7.80. The first-order chi connectivity index (χ1) is 12.5. The summed E-state index contributed by atoms with van der Waals surface area (Å²) in [5, 5.41) is 2.93. The summed E-state index contributed by atoms with van der Waals surface area (Å²) in [6, 6.07) is 3.50. The van der Waals surface area contributed by atoms with Gasteiger partial charge in [-0.3, -0.25) is 4.79 Å². The van der Waals surface area contributed by atoms with Crippen molar-refractivity contribution < 1.29 is 18.0 Å². The number of thioether (sulfide) groups is 1. The molecule has 0 aliphatic rings. The van der Waals surface area contributed by atoms with Gasteiger partial charge in [-0.25, -0.2) is 18.7 Å². The standard InChI is InChI=1S/C17H15F2N3O2S2/c1-2-10-7-20-15(24-10)9-25-16-8-21-17(26-16)22-14(23)6-11-12(18)4-3-5-13(11)19/h3-5,7-8H,2,6,9H2,1H3,(H,21,22,23). The Kier molecular flexibility index (Phi) is 6.00. The molecule has 0 aliphatic heterocycles. The molecule has 0 aliphatic carbocycles. The number of amides is 1. The first kappa shape index (κ1) is 18.5. The van der Waals surface area contributed by atoms with Crippen molar-refractivity contribution in [3.8, 4) is 0 Å². The SMILES string of the molecule is CCc1cnc(CSc2cnc(NC(=O)Cc3c(F)cccc3F)s2)o1. The van der Waals surface area contributed by atoms with Crippen molar-refractivity contribution in [2.75, 3.05) is 5.32 Å². The second kappa shape index (κ2) is 8.41. The number of nitrogens with one attached hydrogen (secondary N) is 1. The van der Waals surface area contributed by atoms with E-state index in [9.17, 15) is 13.6 Å². The quantitative estimate of drug-likeness (QED) is 0.599. The van der Waals surface area contributed by atoms with Crippen molar-refractivity contribution in [2.45, 2.75) is 29.7 Å². The van der Waals surface area contributed by atoms with Crippen molar-refractivity contribution >= 4 is 34.1 Å². The maximum absolute atomic E-state index is 13.6. The predicted octanol–water partition coefficient (Wildman–Crippen LogP) is 4.45. The van der Waals surface area contributed by atoms with Gasteiger partial charge in [-0.05, 0) is 12.1 Å². The van der Waals surface area contributed by atoms with E-state index in [4.69, 9.17) is 4.42 Å². The molecular weight excluding hydrogens is 380 g/mol. The molecule has 1 N–H and O–H groups in total. The van der Waals surface area contributed by atoms with Gasteiger partial charge in [-0.1, -0.05) is 24.3 Å². The molecule has 2 aromatic heterocycles. The molecule has 1 aromatic carbocycles. The summed E-state index contributed by atoms with van der Waals surface area (Å²) in [4.78, 5) is 20.3. The van der Waals surface area contributed by atoms with Crippen LogP contribution >= 0.6 is 23.1 Å². The molecule has 0 bridgehead atoms. The van der Waals surface area contributed by atoms with Crippen LogP contribution in [0.3, 0.4) is 0 Å². The predicted molar refractivity (Wildman–Crippen MR) is 96.2 cm³/mol. The van der Waals surface area contributed by atoms with Crippen molar-refractivity contribution in [1.29, 1.82) is 0 Å². The van der Waals surface area contributed by atoms with Gasteiger partial charge in [-0.2, -0.15) is 0 Å². The highest BCUT2D eigenvalue weighted by molar-refractivity contribution is 8.00. The zero-order chi connectivity index (χ0) is 18.5. The highest BCUT2D eigenvalue weighted by Gasteiger charge is 2.14. The van der Waals surface area contributed by atoms with Crippen LogP contribution in [0.1, 0.15) is 24.1 Å². The number of rotatable bonds is 7. The number of thiazole rings is 1. The third kappa shape index (κ3) is 4.67. The molecule has 9 heteroatoms. The Hall–Kier alpha value is -2.26. The van der Waals surface area contributed by atoms with E-state index in [1.165, 1.54) is 29.2 Å². The fraction of sp³-hybridized carbons (Fsp3) is 0.235. The number of aromatic nitrogens is 2. The molecule has 0 saturated heterocycles. The van der Waals surface area contributed by atoms with E-state index < -0.39 is 24.0 Å². The number of halogens is 2. The largest absolute Gasteiger partial charge is 0.445 e. The van der Waals surface area contributed by atoms with Crippen molar-refractivity contribution in [2.24, 2.45) is 0 Å². The second-order valence-corrected chi connectivity index (χ2v) is 7.58. The monoisotopic (exact) mass is 395 g/mol. The summed E-state index contributed by atoms with van der Waals surface area (Å²) in [7, 11) is 0. The van der Waals surface area contributed by atoms with E-state index in [0.717, 1.165) is 28.5 Å². The number of oxazole rings is 1. The van der Waals surface area contributed by atoms with Crippen LogP contribution in [0, 0.1) is 11.6 Å². The molecule has 0 fully saturated rings. The highest BCUT2D eigenvalue weighted by Crippen LogP contribution is 2.30. The lowest BCUT2D eigenvalue weighted by molar-refractivity contribution is -0.115. The number of anilines is 1. The van der Waals surface area contributed by atoms with E-state index >= 15 is 0 Å². The van der Waals surface area contributed by atoms with Crippen molar-refractivity contribution in [1.82, 2.24) is 9.97 Å². The topological polar surface area (TPSA) is 68.0 Å². The Morgan fingerprint density at radius 1 is 1.27 bits per heavy atom. The van der Waals surface area contributed by atoms with Crippen LogP contribution < -0.4 is 5.32 Å². The summed E-state index contributed by atoms with van der Waals surface area (Å²) in [6.45, 7) is 1.99. The van der Waals surface area contributed by atoms with Crippen LogP contribution in [0.15, 0.2) is 39.2 Å². The lowest BCUT2D eigenvalue weighted by Gasteiger charge is -2.04. The minimum Gasteiger partial charge on any atom is -0.445 e. The van der Waals surface area contributed by atoms with Gasteiger partial charge in [-0.15, -0.1) is 11.8 Å². The first-order valence-corrected chi connectivity index (χ1v) is 9.60. The van der Waals surface area contributed by atoms with Gasteiger partial charge in [0.15, 0.2) is 5.13 Å². The van der Waals surface area contributed by atoms with E-state index in [1.807, 2.05) is 6.92 Å².